The molecule has 128 valence electrons. The summed E-state index contributed by atoms with van der Waals surface area (Å²) in [4.78, 5) is 12.1. The third kappa shape index (κ3) is 5.10. The van der Waals surface area contributed by atoms with Crippen LogP contribution in [0.5, 0.6) is 11.5 Å². The zero-order chi connectivity index (χ0) is 16.7. The molecule has 0 unspecified atom stereocenters. The third-order valence-electron chi connectivity index (χ3n) is 3.43. The first-order valence-electron chi connectivity index (χ1n) is 7.29. The van der Waals surface area contributed by atoms with Crippen molar-refractivity contribution in [3.63, 3.8) is 0 Å². The second-order valence-electron chi connectivity index (χ2n) is 5.00. The van der Waals surface area contributed by atoms with E-state index in [0.29, 0.717) is 24.5 Å². The summed E-state index contributed by atoms with van der Waals surface area (Å²) in [7, 11) is 3.20. The SMILES string of the molecule is C=[N+](CCc1ccc(OC)c(OC)c1)C(=O)Nc1ccccc1.[OH-]. The predicted molar refractivity (Wildman–Crippen MR) is 92.9 cm³/mol. The monoisotopic (exact) mass is 330 g/mol. The van der Waals surface area contributed by atoms with Gasteiger partial charge in [-0.2, -0.15) is 4.79 Å². The maximum atomic E-state index is 12.1. The van der Waals surface area contributed by atoms with Gasteiger partial charge in [-0.05, 0) is 29.8 Å². The summed E-state index contributed by atoms with van der Waals surface area (Å²) < 4.78 is 11.9. The molecule has 0 radical (unpaired) electrons. The van der Waals surface area contributed by atoms with Gasteiger partial charge in [0, 0.05) is 6.42 Å². The van der Waals surface area contributed by atoms with E-state index in [4.69, 9.17) is 9.47 Å². The van der Waals surface area contributed by atoms with E-state index in [1.165, 1.54) is 4.58 Å². The smallest absolute Gasteiger partial charge is 0.495 e. The fourth-order valence-corrected chi connectivity index (χ4v) is 2.13. The molecule has 2 aromatic rings. The summed E-state index contributed by atoms with van der Waals surface area (Å²) in [6, 6.07) is 14.8. The fourth-order valence-electron chi connectivity index (χ4n) is 2.13. The molecule has 0 heterocycles. The van der Waals surface area contributed by atoms with Crippen LogP contribution in [-0.4, -0.2) is 43.6 Å². The van der Waals surface area contributed by atoms with E-state index in [1.807, 2.05) is 48.5 Å². The fraction of sp³-hybridized carbons (Fsp3) is 0.222. The van der Waals surface area contributed by atoms with Crippen LogP contribution in [-0.2, 0) is 6.42 Å². The number of benzene rings is 2. The van der Waals surface area contributed by atoms with Gasteiger partial charge in [0.15, 0.2) is 11.5 Å². The van der Waals surface area contributed by atoms with Gasteiger partial charge in [0.25, 0.3) is 0 Å². The molecular weight excluding hydrogens is 308 g/mol. The Balaban J connectivity index is 0.00000288. The number of hydrogen-bond acceptors (Lipinski definition) is 4. The second kappa shape index (κ2) is 9.32. The molecule has 0 aromatic heterocycles. The number of urea groups is 1. The molecule has 0 bridgehead atoms. The van der Waals surface area contributed by atoms with E-state index in [1.54, 1.807) is 14.2 Å². The molecule has 0 aliphatic carbocycles. The quantitative estimate of drug-likeness (QED) is 0.652. The number of carbonyl (C=O) groups excluding carboxylic acids is 1. The minimum atomic E-state index is -0.239. The highest BCUT2D eigenvalue weighted by Crippen LogP contribution is 2.27. The first-order chi connectivity index (χ1) is 11.1. The number of rotatable bonds is 6. The zero-order valence-electron chi connectivity index (χ0n) is 13.9. The van der Waals surface area contributed by atoms with Crippen LogP contribution >= 0.6 is 0 Å². The van der Waals surface area contributed by atoms with Crippen LogP contribution in [0.4, 0.5) is 10.5 Å². The number of amides is 2. The van der Waals surface area contributed by atoms with Crippen LogP contribution in [0.1, 0.15) is 5.56 Å². The van der Waals surface area contributed by atoms with Crippen LogP contribution in [0.3, 0.4) is 0 Å². The van der Waals surface area contributed by atoms with Gasteiger partial charge >= 0.3 is 6.03 Å². The third-order valence-corrected chi connectivity index (χ3v) is 3.43. The van der Waals surface area contributed by atoms with Gasteiger partial charge in [-0.25, -0.2) is 9.89 Å². The Bertz CT molecular complexity index is 687. The summed E-state index contributed by atoms with van der Waals surface area (Å²) >= 11 is 0. The maximum Gasteiger partial charge on any atom is 0.495 e. The van der Waals surface area contributed by atoms with Crippen molar-refractivity contribution in [2.45, 2.75) is 6.42 Å². The average molecular weight is 330 g/mol. The molecule has 0 aliphatic heterocycles. The molecule has 2 rings (SSSR count). The minimum absolute atomic E-state index is 0. The lowest BCUT2D eigenvalue weighted by Crippen LogP contribution is -2.26. The second-order valence-corrected chi connectivity index (χ2v) is 5.00. The summed E-state index contributed by atoms with van der Waals surface area (Å²) in [5, 5.41) is 2.80. The van der Waals surface area contributed by atoms with Crippen molar-refractivity contribution in [3.05, 3.63) is 54.1 Å². The Kier molecular flexibility index (Phi) is 7.45. The van der Waals surface area contributed by atoms with Crippen LogP contribution in [0.15, 0.2) is 48.5 Å². The van der Waals surface area contributed by atoms with Gasteiger partial charge in [-0.15, -0.1) is 0 Å². The molecule has 0 spiro atoms. The van der Waals surface area contributed by atoms with Crippen LogP contribution in [0.2, 0.25) is 0 Å². The maximum absolute atomic E-state index is 12.1. The van der Waals surface area contributed by atoms with Crippen LogP contribution in [0.25, 0.3) is 0 Å². The van der Waals surface area contributed by atoms with E-state index >= 15 is 0 Å². The highest BCUT2D eigenvalue weighted by atomic mass is 16.5. The van der Waals surface area contributed by atoms with Crippen LogP contribution in [0, 0.1) is 0 Å². The summed E-state index contributed by atoms with van der Waals surface area (Å²) in [6.45, 7) is 4.29. The Labute approximate surface area is 141 Å². The lowest BCUT2D eigenvalue weighted by atomic mass is 10.1. The standard InChI is InChI=1S/C18H20N2O3.H2O/c1-20(18(21)19-15-7-5-4-6-8-15)12-11-14-9-10-16(22-2)17(13-14)23-3;/h4-10,13H,1,11-12H2,2-3H3;1H2. The van der Waals surface area contributed by atoms with Crippen molar-refractivity contribution < 1.29 is 24.3 Å². The number of anilines is 1. The van der Waals surface area contributed by atoms with Crippen molar-refractivity contribution >= 4 is 18.4 Å². The van der Waals surface area contributed by atoms with E-state index in [-0.39, 0.29) is 11.5 Å². The van der Waals surface area contributed by atoms with Crippen LogP contribution < -0.4 is 14.8 Å². The summed E-state index contributed by atoms with van der Waals surface area (Å²) in [6.07, 6.45) is 0.673. The topological polar surface area (TPSA) is 80.6 Å². The molecule has 0 saturated heterocycles. The highest BCUT2D eigenvalue weighted by molar-refractivity contribution is 5.83. The first-order valence-corrected chi connectivity index (χ1v) is 7.29. The Morgan fingerprint density at radius 1 is 1.08 bits per heavy atom. The zero-order valence-corrected chi connectivity index (χ0v) is 13.9. The minimum Gasteiger partial charge on any atom is -0.870 e. The molecule has 2 N–H and O–H groups in total. The number of hydrogen-bond donors (Lipinski definition) is 1. The molecule has 0 fully saturated rings. The molecule has 0 aliphatic rings. The van der Waals surface area contributed by atoms with Gasteiger partial charge in [0.1, 0.15) is 5.69 Å². The van der Waals surface area contributed by atoms with Crippen molar-refractivity contribution in [3.8, 4) is 11.5 Å². The van der Waals surface area contributed by atoms with Crippen molar-refractivity contribution in [2.75, 3.05) is 26.1 Å². The lowest BCUT2D eigenvalue weighted by Gasteiger charge is -2.09. The van der Waals surface area contributed by atoms with Gasteiger partial charge in [0.05, 0.1) is 27.5 Å². The summed E-state index contributed by atoms with van der Waals surface area (Å²) in [5.41, 5.74) is 1.79. The molecule has 24 heavy (non-hydrogen) atoms. The molecule has 0 atom stereocenters. The molecule has 6 nitrogen and oxygen atoms in total. The van der Waals surface area contributed by atoms with Gasteiger partial charge < -0.3 is 14.9 Å². The van der Waals surface area contributed by atoms with Gasteiger partial charge in [-0.3, -0.25) is 0 Å². The van der Waals surface area contributed by atoms with E-state index in [0.717, 1.165) is 11.3 Å². The Morgan fingerprint density at radius 3 is 2.38 bits per heavy atom. The number of ether oxygens (including phenoxy) is 2. The normalized spacial score (nSPS) is 9.58. The van der Waals surface area contributed by atoms with Crippen molar-refractivity contribution in [2.24, 2.45) is 0 Å². The van der Waals surface area contributed by atoms with E-state index in [9.17, 15) is 4.79 Å². The Morgan fingerprint density at radius 2 is 1.75 bits per heavy atom. The number of para-hydroxylation sites is 1. The molecule has 0 saturated carbocycles. The molecule has 6 heteroatoms. The first kappa shape index (κ1) is 19.2. The largest absolute Gasteiger partial charge is 0.870 e. The average Bonchev–Trinajstić information content (AvgIpc) is 2.60. The highest BCUT2D eigenvalue weighted by Gasteiger charge is 2.14. The molecular formula is C18H22N2O4. The Hall–Kier alpha value is -2.86. The molecule has 2 amide bonds. The summed E-state index contributed by atoms with van der Waals surface area (Å²) in [5.74, 6) is 1.36. The van der Waals surface area contributed by atoms with Gasteiger partial charge in [-0.1, -0.05) is 24.3 Å². The van der Waals surface area contributed by atoms with Gasteiger partial charge in [0.2, 0.25) is 0 Å². The number of carbonyl (C=O) groups is 1. The molecule has 2 aromatic carbocycles. The number of nitrogens with zero attached hydrogens (tertiary/aromatic N) is 1. The van der Waals surface area contributed by atoms with Crippen molar-refractivity contribution in [1.82, 2.24) is 0 Å². The van der Waals surface area contributed by atoms with Crippen molar-refractivity contribution in [1.29, 1.82) is 0 Å². The number of methoxy groups -OCH3 is 2. The van der Waals surface area contributed by atoms with E-state index in [2.05, 4.69) is 12.0 Å². The number of nitrogens with one attached hydrogen (secondary N) is 1. The predicted octanol–water partition coefficient (Wildman–Crippen LogP) is 3.01. The van der Waals surface area contributed by atoms with E-state index < -0.39 is 0 Å². The lowest BCUT2D eigenvalue weighted by molar-refractivity contribution is -0.413.